The zero-order valence-corrected chi connectivity index (χ0v) is 13.4. The number of nitrogens with one attached hydrogen (secondary N) is 2. The van der Waals surface area contributed by atoms with Crippen LogP contribution >= 0.6 is 0 Å². The Kier molecular flexibility index (Phi) is 6.29. The summed E-state index contributed by atoms with van der Waals surface area (Å²) < 4.78 is 0. The van der Waals surface area contributed by atoms with Crippen molar-refractivity contribution in [1.29, 1.82) is 0 Å². The summed E-state index contributed by atoms with van der Waals surface area (Å²) in [5.41, 5.74) is 0. The summed E-state index contributed by atoms with van der Waals surface area (Å²) in [6, 6.07) is 0.593. The van der Waals surface area contributed by atoms with Crippen molar-refractivity contribution in [1.82, 2.24) is 20.4 Å². The average Bonchev–Trinajstić information content (AvgIpc) is 2.99. The zero-order chi connectivity index (χ0) is 15.1. The number of piperazine rings is 1. The minimum Gasteiger partial charge on any atom is -0.355 e. The van der Waals surface area contributed by atoms with Gasteiger partial charge in [-0.05, 0) is 12.8 Å². The van der Waals surface area contributed by atoms with Crippen molar-refractivity contribution in [3.05, 3.63) is 0 Å². The van der Waals surface area contributed by atoms with Crippen molar-refractivity contribution in [3.63, 3.8) is 0 Å². The third kappa shape index (κ3) is 5.19. The van der Waals surface area contributed by atoms with Gasteiger partial charge >= 0.3 is 0 Å². The third-order valence-electron chi connectivity index (χ3n) is 4.46. The van der Waals surface area contributed by atoms with E-state index in [1.807, 2.05) is 11.9 Å². The number of nitrogens with zero attached hydrogens (tertiary/aromatic N) is 3. The van der Waals surface area contributed by atoms with Gasteiger partial charge in [-0.3, -0.25) is 14.7 Å². The summed E-state index contributed by atoms with van der Waals surface area (Å²) in [7, 11) is 1.83. The predicted molar refractivity (Wildman–Crippen MR) is 85.4 cm³/mol. The number of guanidine groups is 1. The van der Waals surface area contributed by atoms with E-state index in [2.05, 4.69) is 20.5 Å². The van der Waals surface area contributed by atoms with Crippen LogP contribution in [0.4, 0.5) is 0 Å². The fraction of sp³-hybridized carbons (Fsp3) is 0.867. The molecule has 6 nitrogen and oxygen atoms in total. The van der Waals surface area contributed by atoms with E-state index in [1.54, 1.807) is 6.92 Å². The quantitative estimate of drug-likeness (QED) is 0.577. The van der Waals surface area contributed by atoms with Crippen molar-refractivity contribution >= 4 is 11.9 Å². The van der Waals surface area contributed by atoms with E-state index in [9.17, 15) is 4.79 Å². The van der Waals surface area contributed by atoms with E-state index < -0.39 is 0 Å². The normalized spacial score (nSPS) is 21.6. The van der Waals surface area contributed by atoms with Crippen LogP contribution in [0.1, 0.15) is 32.6 Å². The van der Waals surface area contributed by atoms with E-state index in [0.717, 1.165) is 45.2 Å². The smallest absolute Gasteiger partial charge is 0.219 e. The van der Waals surface area contributed by atoms with E-state index >= 15 is 0 Å². The SMILES string of the molecule is CN=C(NCCN1CCN(C(C)=O)CC1)NC1CCCC1. The molecule has 1 aliphatic heterocycles. The van der Waals surface area contributed by atoms with Gasteiger partial charge in [0, 0.05) is 59.3 Å². The highest BCUT2D eigenvalue weighted by molar-refractivity contribution is 5.79. The summed E-state index contributed by atoms with van der Waals surface area (Å²) >= 11 is 0. The fourth-order valence-corrected chi connectivity index (χ4v) is 3.08. The van der Waals surface area contributed by atoms with Crippen LogP contribution in [-0.4, -0.2) is 74.0 Å². The Morgan fingerprint density at radius 1 is 1.19 bits per heavy atom. The standard InChI is InChI=1S/C15H29N5O/c1-13(21)20-11-9-19(10-12-20)8-7-17-15(16-2)18-14-5-3-4-6-14/h14H,3-12H2,1-2H3,(H2,16,17,18). The molecule has 0 aromatic carbocycles. The van der Waals surface area contributed by atoms with E-state index in [-0.39, 0.29) is 5.91 Å². The van der Waals surface area contributed by atoms with Crippen LogP contribution in [0.2, 0.25) is 0 Å². The molecule has 1 saturated carbocycles. The lowest BCUT2D eigenvalue weighted by Crippen LogP contribution is -2.50. The lowest BCUT2D eigenvalue weighted by atomic mass is 10.2. The van der Waals surface area contributed by atoms with Gasteiger partial charge in [-0.2, -0.15) is 0 Å². The number of hydrogen-bond acceptors (Lipinski definition) is 3. The first-order valence-electron chi connectivity index (χ1n) is 8.14. The van der Waals surface area contributed by atoms with Crippen LogP contribution in [0, 0.1) is 0 Å². The Balaban J connectivity index is 1.61. The van der Waals surface area contributed by atoms with Crippen LogP contribution in [0.15, 0.2) is 4.99 Å². The molecule has 1 saturated heterocycles. The first-order valence-corrected chi connectivity index (χ1v) is 8.14. The second kappa shape index (κ2) is 8.22. The van der Waals surface area contributed by atoms with Gasteiger partial charge < -0.3 is 15.5 Å². The van der Waals surface area contributed by atoms with E-state index in [0.29, 0.717) is 6.04 Å². The maximum Gasteiger partial charge on any atom is 0.219 e. The van der Waals surface area contributed by atoms with E-state index in [4.69, 9.17) is 0 Å². The molecule has 0 radical (unpaired) electrons. The number of carbonyl (C=O) groups is 1. The summed E-state index contributed by atoms with van der Waals surface area (Å²) in [5.74, 6) is 1.11. The van der Waals surface area contributed by atoms with Gasteiger partial charge in [-0.1, -0.05) is 12.8 Å². The summed E-state index contributed by atoms with van der Waals surface area (Å²) in [5, 5.41) is 6.89. The zero-order valence-electron chi connectivity index (χ0n) is 13.4. The lowest BCUT2D eigenvalue weighted by Gasteiger charge is -2.34. The van der Waals surface area contributed by atoms with Gasteiger partial charge in [-0.25, -0.2) is 0 Å². The third-order valence-corrected chi connectivity index (χ3v) is 4.46. The molecule has 0 unspecified atom stereocenters. The van der Waals surface area contributed by atoms with Crippen LogP contribution in [0.3, 0.4) is 0 Å². The fourth-order valence-electron chi connectivity index (χ4n) is 3.08. The largest absolute Gasteiger partial charge is 0.355 e. The topological polar surface area (TPSA) is 60.0 Å². The van der Waals surface area contributed by atoms with Gasteiger partial charge in [0.15, 0.2) is 5.96 Å². The van der Waals surface area contributed by atoms with Gasteiger partial charge in [0.05, 0.1) is 0 Å². The molecular weight excluding hydrogens is 266 g/mol. The van der Waals surface area contributed by atoms with Gasteiger partial charge in [0.25, 0.3) is 0 Å². The minimum absolute atomic E-state index is 0.189. The Hall–Kier alpha value is -1.30. The monoisotopic (exact) mass is 295 g/mol. The van der Waals surface area contributed by atoms with Gasteiger partial charge in [-0.15, -0.1) is 0 Å². The van der Waals surface area contributed by atoms with Crippen LogP contribution in [0.25, 0.3) is 0 Å². The number of rotatable bonds is 4. The highest BCUT2D eigenvalue weighted by Crippen LogP contribution is 2.17. The summed E-state index contributed by atoms with van der Waals surface area (Å²) in [4.78, 5) is 19.9. The highest BCUT2D eigenvalue weighted by Gasteiger charge is 2.18. The first kappa shape index (κ1) is 16.1. The molecule has 2 fully saturated rings. The Morgan fingerprint density at radius 3 is 2.43 bits per heavy atom. The van der Waals surface area contributed by atoms with Crippen molar-refractivity contribution < 1.29 is 4.79 Å². The molecular formula is C15H29N5O. The molecule has 0 spiro atoms. The number of hydrogen-bond donors (Lipinski definition) is 2. The first-order chi connectivity index (χ1) is 10.2. The lowest BCUT2D eigenvalue weighted by molar-refractivity contribution is -0.130. The van der Waals surface area contributed by atoms with Crippen molar-refractivity contribution in [2.24, 2.45) is 4.99 Å². The highest BCUT2D eigenvalue weighted by atomic mass is 16.2. The Bertz CT molecular complexity index is 357. The molecule has 2 N–H and O–H groups in total. The van der Waals surface area contributed by atoms with E-state index in [1.165, 1.54) is 25.7 Å². The second-order valence-electron chi connectivity index (χ2n) is 5.97. The van der Waals surface area contributed by atoms with Gasteiger partial charge in [0.2, 0.25) is 5.91 Å². The molecule has 2 aliphatic rings. The predicted octanol–water partition coefficient (Wildman–Crippen LogP) is 0.258. The molecule has 21 heavy (non-hydrogen) atoms. The summed E-state index contributed by atoms with van der Waals surface area (Å²) in [6.07, 6.45) is 5.17. The summed E-state index contributed by atoms with van der Waals surface area (Å²) in [6.45, 7) is 7.18. The molecule has 120 valence electrons. The maximum absolute atomic E-state index is 11.3. The second-order valence-corrected chi connectivity index (χ2v) is 5.97. The molecule has 0 aromatic heterocycles. The molecule has 6 heteroatoms. The van der Waals surface area contributed by atoms with Crippen LogP contribution in [-0.2, 0) is 4.79 Å². The Morgan fingerprint density at radius 2 is 1.86 bits per heavy atom. The van der Waals surface area contributed by atoms with Crippen molar-refractivity contribution in [2.45, 2.75) is 38.6 Å². The van der Waals surface area contributed by atoms with Crippen LogP contribution in [0.5, 0.6) is 0 Å². The molecule has 1 aliphatic carbocycles. The molecule has 0 bridgehead atoms. The molecule has 1 heterocycles. The number of amides is 1. The number of carbonyl (C=O) groups excluding carboxylic acids is 1. The van der Waals surface area contributed by atoms with Crippen LogP contribution < -0.4 is 10.6 Å². The molecule has 1 amide bonds. The van der Waals surface area contributed by atoms with Crippen molar-refractivity contribution in [2.75, 3.05) is 46.3 Å². The molecule has 2 rings (SSSR count). The van der Waals surface area contributed by atoms with Gasteiger partial charge in [0.1, 0.15) is 0 Å². The Labute approximate surface area is 128 Å². The maximum atomic E-state index is 11.3. The number of aliphatic imine (C=N–C) groups is 1. The molecule has 0 aromatic rings. The van der Waals surface area contributed by atoms with Crippen molar-refractivity contribution in [3.8, 4) is 0 Å². The molecule has 0 atom stereocenters. The minimum atomic E-state index is 0.189. The average molecular weight is 295 g/mol.